The molecule has 2 aromatic rings. The third-order valence-corrected chi connectivity index (χ3v) is 3.51. The summed E-state index contributed by atoms with van der Waals surface area (Å²) in [6.45, 7) is 2.78. The SMILES string of the molecule is CCc1ccc(NC(=O)C(=O)NCc2cccc(CN)c2)cc1. The van der Waals surface area contributed by atoms with Gasteiger partial charge < -0.3 is 16.4 Å². The Morgan fingerprint density at radius 1 is 0.957 bits per heavy atom. The summed E-state index contributed by atoms with van der Waals surface area (Å²) in [5.74, 6) is -1.34. The van der Waals surface area contributed by atoms with Gasteiger partial charge in [0.1, 0.15) is 0 Å². The Balaban J connectivity index is 1.87. The molecule has 0 atom stereocenters. The van der Waals surface area contributed by atoms with Crippen LogP contribution in [0.2, 0.25) is 0 Å². The summed E-state index contributed by atoms with van der Waals surface area (Å²) in [5.41, 5.74) is 9.24. The number of carbonyl (C=O) groups is 2. The smallest absolute Gasteiger partial charge is 0.313 e. The number of hydrogen-bond acceptors (Lipinski definition) is 3. The summed E-state index contributed by atoms with van der Waals surface area (Å²) >= 11 is 0. The fraction of sp³-hybridized carbons (Fsp3) is 0.222. The van der Waals surface area contributed by atoms with Crippen molar-refractivity contribution in [3.63, 3.8) is 0 Å². The van der Waals surface area contributed by atoms with E-state index < -0.39 is 11.8 Å². The van der Waals surface area contributed by atoms with Crippen LogP contribution >= 0.6 is 0 Å². The van der Waals surface area contributed by atoms with Crippen molar-refractivity contribution in [2.75, 3.05) is 5.32 Å². The van der Waals surface area contributed by atoms with E-state index in [0.717, 1.165) is 17.5 Å². The second-order valence-corrected chi connectivity index (χ2v) is 5.21. The summed E-state index contributed by atoms with van der Waals surface area (Å²) < 4.78 is 0. The van der Waals surface area contributed by atoms with E-state index in [9.17, 15) is 9.59 Å². The predicted octanol–water partition coefficient (Wildman–Crippen LogP) is 1.96. The molecule has 5 heteroatoms. The summed E-state index contributed by atoms with van der Waals surface area (Å²) in [5, 5.41) is 5.18. The number of benzene rings is 2. The van der Waals surface area contributed by atoms with Gasteiger partial charge in [-0.3, -0.25) is 9.59 Å². The molecular weight excluding hydrogens is 290 g/mol. The van der Waals surface area contributed by atoms with Crippen molar-refractivity contribution in [2.45, 2.75) is 26.4 Å². The van der Waals surface area contributed by atoms with Crippen LogP contribution < -0.4 is 16.4 Å². The van der Waals surface area contributed by atoms with Crippen molar-refractivity contribution < 1.29 is 9.59 Å². The number of carbonyl (C=O) groups excluding carboxylic acids is 2. The minimum atomic E-state index is -0.677. The van der Waals surface area contributed by atoms with E-state index in [1.807, 2.05) is 36.4 Å². The average Bonchev–Trinajstić information content (AvgIpc) is 2.60. The van der Waals surface area contributed by atoms with E-state index in [1.54, 1.807) is 12.1 Å². The van der Waals surface area contributed by atoms with Crippen molar-refractivity contribution in [1.29, 1.82) is 0 Å². The first-order valence-electron chi connectivity index (χ1n) is 7.58. The molecule has 0 spiro atoms. The highest BCUT2D eigenvalue weighted by Crippen LogP contribution is 2.10. The Hall–Kier alpha value is -2.66. The molecule has 0 aliphatic heterocycles. The van der Waals surface area contributed by atoms with Crippen LogP contribution in [0, 0.1) is 0 Å². The molecule has 2 aromatic carbocycles. The van der Waals surface area contributed by atoms with Gasteiger partial charge in [0.15, 0.2) is 0 Å². The number of nitrogens with two attached hydrogens (primary N) is 1. The summed E-state index contributed by atoms with van der Waals surface area (Å²) in [6, 6.07) is 15.0. The van der Waals surface area contributed by atoms with Crippen molar-refractivity contribution in [3.8, 4) is 0 Å². The maximum absolute atomic E-state index is 11.9. The van der Waals surface area contributed by atoms with Gasteiger partial charge in [-0.2, -0.15) is 0 Å². The van der Waals surface area contributed by atoms with Crippen LogP contribution in [0.4, 0.5) is 5.69 Å². The first-order chi connectivity index (χ1) is 11.1. The summed E-state index contributed by atoms with van der Waals surface area (Å²) in [4.78, 5) is 23.7. The molecule has 0 aliphatic carbocycles. The van der Waals surface area contributed by atoms with Crippen LogP contribution in [0.15, 0.2) is 48.5 Å². The number of anilines is 1. The van der Waals surface area contributed by atoms with Crippen LogP contribution in [0.25, 0.3) is 0 Å². The largest absolute Gasteiger partial charge is 0.344 e. The van der Waals surface area contributed by atoms with Crippen LogP contribution in [-0.2, 0) is 29.1 Å². The van der Waals surface area contributed by atoms with Gasteiger partial charge in [0.25, 0.3) is 0 Å². The maximum atomic E-state index is 11.9. The molecule has 0 heterocycles. The lowest BCUT2D eigenvalue weighted by Crippen LogP contribution is -2.34. The van der Waals surface area contributed by atoms with Crippen molar-refractivity contribution >= 4 is 17.5 Å². The molecule has 0 aromatic heterocycles. The van der Waals surface area contributed by atoms with E-state index in [0.29, 0.717) is 12.2 Å². The minimum Gasteiger partial charge on any atom is -0.344 e. The average molecular weight is 311 g/mol. The Kier molecular flexibility index (Phi) is 5.88. The van der Waals surface area contributed by atoms with Crippen LogP contribution in [-0.4, -0.2) is 11.8 Å². The summed E-state index contributed by atoms with van der Waals surface area (Å²) in [7, 11) is 0. The molecule has 0 saturated heterocycles. The second-order valence-electron chi connectivity index (χ2n) is 5.21. The van der Waals surface area contributed by atoms with Gasteiger partial charge in [0, 0.05) is 18.8 Å². The monoisotopic (exact) mass is 311 g/mol. The van der Waals surface area contributed by atoms with Gasteiger partial charge >= 0.3 is 11.8 Å². The number of hydrogen-bond donors (Lipinski definition) is 3. The molecule has 0 bridgehead atoms. The quantitative estimate of drug-likeness (QED) is 0.738. The number of aryl methyl sites for hydroxylation is 1. The normalized spacial score (nSPS) is 10.2. The van der Waals surface area contributed by atoms with E-state index in [4.69, 9.17) is 5.73 Å². The fourth-order valence-electron chi connectivity index (χ4n) is 2.14. The van der Waals surface area contributed by atoms with Crippen molar-refractivity contribution in [2.24, 2.45) is 5.73 Å². The lowest BCUT2D eigenvalue weighted by Gasteiger charge is -2.08. The van der Waals surface area contributed by atoms with Gasteiger partial charge in [0.05, 0.1) is 0 Å². The molecule has 4 N–H and O–H groups in total. The second kappa shape index (κ2) is 8.10. The first kappa shape index (κ1) is 16.7. The molecule has 5 nitrogen and oxygen atoms in total. The lowest BCUT2D eigenvalue weighted by atomic mass is 10.1. The number of nitrogens with one attached hydrogen (secondary N) is 2. The third kappa shape index (κ3) is 4.93. The van der Waals surface area contributed by atoms with Gasteiger partial charge in [0.2, 0.25) is 0 Å². The highest BCUT2D eigenvalue weighted by atomic mass is 16.2. The highest BCUT2D eigenvalue weighted by molar-refractivity contribution is 6.39. The minimum absolute atomic E-state index is 0.287. The zero-order valence-corrected chi connectivity index (χ0v) is 13.1. The zero-order valence-electron chi connectivity index (χ0n) is 13.1. The van der Waals surface area contributed by atoms with Gasteiger partial charge in [-0.15, -0.1) is 0 Å². The standard InChI is InChI=1S/C18H21N3O2/c1-2-13-6-8-16(9-7-13)21-18(23)17(22)20-12-15-5-3-4-14(10-15)11-19/h3-10H,2,11-12,19H2,1H3,(H,20,22)(H,21,23). The molecule has 0 saturated carbocycles. The predicted molar refractivity (Wildman–Crippen MR) is 90.6 cm³/mol. The topological polar surface area (TPSA) is 84.2 Å². The summed E-state index contributed by atoms with van der Waals surface area (Å²) in [6.07, 6.45) is 0.927. The fourth-order valence-corrected chi connectivity index (χ4v) is 2.14. The lowest BCUT2D eigenvalue weighted by molar-refractivity contribution is -0.136. The third-order valence-electron chi connectivity index (χ3n) is 3.51. The molecular formula is C18H21N3O2. The Labute approximate surface area is 135 Å². The molecule has 0 fully saturated rings. The zero-order chi connectivity index (χ0) is 16.7. The van der Waals surface area contributed by atoms with Crippen LogP contribution in [0.3, 0.4) is 0 Å². The van der Waals surface area contributed by atoms with Gasteiger partial charge in [-0.05, 0) is 35.2 Å². The van der Waals surface area contributed by atoms with Crippen LogP contribution in [0.5, 0.6) is 0 Å². The number of rotatable bonds is 5. The van der Waals surface area contributed by atoms with Crippen LogP contribution in [0.1, 0.15) is 23.6 Å². The Bertz CT molecular complexity index is 681. The van der Waals surface area contributed by atoms with E-state index >= 15 is 0 Å². The first-order valence-corrected chi connectivity index (χ1v) is 7.58. The van der Waals surface area contributed by atoms with Crippen molar-refractivity contribution in [1.82, 2.24) is 5.32 Å². The van der Waals surface area contributed by atoms with Gasteiger partial charge in [-0.1, -0.05) is 43.3 Å². The van der Waals surface area contributed by atoms with E-state index in [1.165, 1.54) is 5.56 Å². The van der Waals surface area contributed by atoms with E-state index in [-0.39, 0.29) is 6.54 Å². The molecule has 120 valence electrons. The molecule has 2 rings (SSSR count). The Morgan fingerprint density at radius 3 is 2.30 bits per heavy atom. The van der Waals surface area contributed by atoms with E-state index in [2.05, 4.69) is 17.6 Å². The van der Waals surface area contributed by atoms with Crippen molar-refractivity contribution in [3.05, 3.63) is 65.2 Å². The number of amides is 2. The molecule has 0 radical (unpaired) electrons. The maximum Gasteiger partial charge on any atom is 0.313 e. The van der Waals surface area contributed by atoms with Gasteiger partial charge in [-0.25, -0.2) is 0 Å². The Morgan fingerprint density at radius 2 is 1.65 bits per heavy atom. The molecule has 23 heavy (non-hydrogen) atoms. The molecule has 2 amide bonds. The molecule has 0 unspecified atom stereocenters. The molecule has 0 aliphatic rings. The highest BCUT2D eigenvalue weighted by Gasteiger charge is 2.13.